The van der Waals surface area contributed by atoms with E-state index < -0.39 is 0 Å². The van der Waals surface area contributed by atoms with Gasteiger partial charge in [0, 0.05) is 50.3 Å². The summed E-state index contributed by atoms with van der Waals surface area (Å²) in [5.41, 5.74) is 4.60. The second-order valence-corrected chi connectivity index (χ2v) is 8.53. The van der Waals surface area contributed by atoms with Crippen molar-refractivity contribution in [1.82, 2.24) is 4.90 Å². The van der Waals surface area contributed by atoms with Crippen molar-refractivity contribution in [3.05, 3.63) is 59.2 Å². The smallest absolute Gasteiger partial charge is 0.223 e. The fraction of sp³-hybridized carbons (Fsp3) is 0.462. The molecule has 0 radical (unpaired) electrons. The minimum atomic E-state index is 0.0800. The summed E-state index contributed by atoms with van der Waals surface area (Å²) in [5, 5.41) is 0. The molecule has 0 unspecified atom stereocenters. The molecule has 1 saturated heterocycles. The molecule has 31 heavy (non-hydrogen) atoms. The van der Waals surface area contributed by atoms with Crippen LogP contribution in [0, 0.1) is 0 Å². The second-order valence-electron chi connectivity index (χ2n) is 8.53. The quantitative estimate of drug-likeness (QED) is 0.655. The number of amides is 1. The van der Waals surface area contributed by atoms with Crippen molar-refractivity contribution in [3.63, 3.8) is 0 Å². The molecule has 1 amide bonds. The SMILES string of the molecule is COc1ccc(N2CCCN(C(=O)CCC(=O)c3ccc4c(c3)CCCC4)CC2)cc1. The lowest BCUT2D eigenvalue weighted by atomic mass is 9.89. The average molecular weight is 421 g/mol. The molecule has 0 atom stereocenters. The van der Waals surface area contributed by atoms with Crippen molar-refractivity contribution in [2.45, 2.75) is 44.9 Å². The first-order valence-electron chi connectivity index (χ1n) is 11.5. The molecule has 0 spiro atoms. The van der Waals surface area contributed by atoms with Crippen LogP contribution in [-0.2, 0) is 17.6 Å². The molecule has 2 aromatic rings. The summed E-state index contributed by atoms with van der Waals surface area (Å²) >= 11 is 0. The van der Waals surface area contributed by atoms with Gasteiger partial charge in [-0.05, 0) is 73.6 Å². The standard InChI is InChI=1S/C26H32N2O3/c1-31-24-11-9-23(10-12-24)27-15-4-16-28(18-17-27)26(30)14-13-25(29)22-8-7-20-5-2-3-6-21(20)19-22/h7-12,19H,2-6,13-18H2,1H3. The summed E-state index contributed by atoms with van der Waals surface area (Å²) in [7, 11) is 1.67. The van der Waals surface area contributed by atoms with Gasteiger partial charge in [0.1, 0.15) is 5.75 Å². The molecular weight excluding hydrogens is 388 g/mol. The van der Waals surface area contributed by atoms with Gasteiger partial charge in [0.2, 0.25) is 5.91 Å². The number of methoxy groups -OCH3 is 1. The highest BCUT2D eigenvalue weighted by Gasteiger charge is 2.21. The van der Waals surface area contributed by atoms with Gasteiger partial charge in [-0.2, -0.15) is 0 Å². The van der Waals surface area contributed by atoms with E-state index in [1.807, 2.05) is 23.1 Å². The Balaban J connectivity index is 1.29. The molecule has 1 heterocycles. The van der Waals surface area contributed by atoms with Crippen molar-refractivity contribution in [3.8, 4) is 5.75 Å². The lowest BCUT2D eigenvalue weighted by Crippen LogP contribution is -2.35. The van der Waals surface area contributed by atoms with E-state index in [9.17, 15) is 9.59 Å². The number of nitrogens with zero attached hydrogens (tertiary/aromatic N) is 2. The number of anilines is 1. The number of carbonyl (C=O) groups is 2. The zero-order valence-corrected chi connectivity index (χ0v) is 18.4. The molecule has 164 valence electrons. The number of aryl methyl sites for hydroxylation is 2. The third kappa shape index (κ3) is 5.27. The van der Waals surface area contributed by atoms with Crippen LogP contribution < -0.4 is 9.64 Å². The Kier molecular flexibility index (Phi) is 6.90. The molecule has 4 rings (SSSR count). The number of hydrogen-bond acceptors (Lipinski definition) is 4. The zero-order valence-electron chi connectivity index (χ0n) is 18.4. The number of ether oxygens (including phenoxy) is 1. The van der Waals surface area contributed by atoms with Crippen molar-refractivity contribution < 1.29 is 14.3 Å². The Hall–Kier alpha value is -2.82. The Morgan fingerprint density at radius 2 is 1.61 bits per heavy atom. The van der Waals surface area contributed by atoms with E-state index in [4.69, 9.17) is 4.74 Å². The molecule has 1 aliphatic carbocycles. The normalized spacial score (nSPS) is 16.4. The van der Waals surface area contributed by atoms with E-state index >= 15 is 0 Å². The van der Waals surface area contributed by atoms with Crippen LogP contribution in [-0.4, -0.2) is 49.9 Å². The number of rotatable bonds is 6. The molecule has 2 aliphatic rings. The number of Topliss-reactive ketones (excluding diaryl/α,β-unsaturated/α-hetero) is 1. The third-order valence-electron chi connectivity index (χ3n) is 6.52. The van der Waals surface area contributed by atoms with E-state index in [0.29, 0.717) is 13.0 Å². The maximum atomic E-state index is 12.8. The van der Waals surface area contributed by atoms with Crippen LogP contribution in [0.4, 0.5) is 5.69 Å². The Morgan fingerprint density at radius 1 is 0.839 bits per heavy atom. The van der Waals surface area contributed by atoms with Crippen molar-refractivity contribution in [1.29, 1.82) is 0 Å². The average Bonchev–Trinajstić information content (AvgIpc) is 3.08. The van der Waals surface area contributed by atoms with Crippen LogP contribution in [0.5, 0.6) is 5.75 Å². The third-order valence-corrected chi connectivity index (χ3v) is 6.52. The summed E-state index contributed by atoms with van der Waals surface area (Å²) in [6.07, 6.45) is 6.12. The zero-order chi connectivity index (χ0) is 21.6. The van der Waals surface area contributed by atoms with Gasteiger partial charge in [-0.15, -0.1) is 0 Å². The maximum Gasteiger partial charge on any atom is 0.223 e. The van der Waals surface area contributed by atoms with Gasteiger partial charge in [0.25, 0.3) is 0 Å². The lowest BCUT2D eigenvalue weighted by molar-refractivity contribution is -0.130. The van der Waals surface area contributed by atoms with Crippen molar-refractivity contribution in [2.24, 2.45) is 0 Å². The van der Waals surface area contributed by atoms with Gasteiger partial charge in [-0.1, -0.05) is 12.1 Å². The van der Waals surface area contributed by atoms with Crippen LogP contribution in [0.2, 0.25) is 0 Å². The second kappa shape index (κ2) is 9.99. The van der Waals surface area contributed by atoms with Crippen molar-refractivity contribution in [2.75, 3.05) is 38.2 Å². The number of ketones is 1. The highest BCUT2D eigenvalue weighted by Crippen LogP contribution is 2.23. The van der Waals surface area contributed by atoms with Crippen LogP contribution >= 0.6 is 0 Å². The minimum absolute atomic E-state index is 0.0800. The Labute approximate surface area is 185 Å². The molecule has 1 fully saturated rings. The summed E-state index contributed by atoms with van der Waals surface area (Å²) < 4.78 is 5.24. The van der Waals surface area contributed by atoms with Gasteiger partial charge >= 0.3 is 0 Å². The summed E-state index contributed by atoms with van der Waals surface area (Å²) in [6, 6.07) is 14.2. The monoisotopic (exact) mass is 420 g/mol. The van der Waals surface area contributed by atoms with E-state index in [0.717, 1.165) is 55.9 Å². The molecule has 0 aromatic heterocycles. The molecule has 0 N–H and O–H groups in total. The number of hydrogen-bond donors (Lipinski definition) is 0. The Morgan fingerprint density at radius 3 is 2.39 bits per heavy atom. The van der Waals surface area contributed by atoms with Crippen LogP contribution in [0.1, 0.15) is 53.6 Å². The molecule has 1 aliphatic heterocycles. The van der Waals surface area contributed by atoms with Gasteiger partial charge < -0.3 is 14.5 Å². The largest absolute Gasteiger partial charge is 0.497 e. The highest BCUT2D eigenvalue weighted by molar-refractivity contribution is 5.98. The first kappa shape index (κ1) is 21.4. The van der Waals surface area contributed by atoms with Crippen LogP contribution in [0.25, 0.3) is 0 Å². The summed E-state index contributed by atoms with van der Waals surface area (Å²) in [6.45, 7) is 3.16. The van der Waals surface area contributed by atoms with Gasteiger partial charge in [0.15, 0.2) is 5.78 Å². The van der Waals surface area contributed by atoms with Crippen LogP contribution in [0.15, 0.2) is 42.5 Å². The Bertz CT molecular complexity index is 923. The van der Waals surface area contributed by atoms with Crippen LogP contribution in [0.3, 0.4) is 0 Å². The maximum absolute atomic E-state index is 12.8. The van der Waals surface area contributed by atoms with Gasteiger partial charge in [-0.25, -0.2) is 0 Å². The van der Waals surface area contributed by atoms with E-state index in [-0.39, 0.29) is 18.1 Å². The molecule has 5 heteroatoms. The predicted molar refractivity (Wildman–Crippen MR) is 123 cm³/mol. The predicted octanol–water partition coefficient (Wildman–Crippen LogP) is 4.28. The molecular formula is C26H32N2O3. The molecule has 0 saturated carbocycles. The van der Waals surface area contributed by atoms with Gasteiger partial charge in [-0.3, -0.25) is 9.59 Å². The van der Waals surface area contributed by atoms with E-state index in [2.05, 4.69) is 29.2 Å². The first-order chi connectivity index (χ1) is 15.1. The fourth-order valence-electron chi connectivity index (χ4n) is 4.65. The van der Waals surface area contributed by atoms with E-state index in [1.165, 1.54) is 24.0 Å². The minimum Gasteiger partial charge on any atom is -0.497 e. The number of benzene rings is 2. The van der Waals surface area contributed by atoms with Gasteiger partial charge in [0.05, 0.1) is 7.11 Å². The van der Waals surface area contributed by atoms with E-state index in [1.54, 1.807) is 7.11 Å². The molecule has 2 aromatic carbocycles. The molecule has 5 nitrogen and oxygen atoms in total. The highest BCUT2D eigenvalue weighted by atomic mass is 16.5. The lowest BCUT2D eigenvalue weighted by Gasteiger charge is -2.24. The number of carbonyl (C=O) groups excluding carboxylic acids is 2. The molecule has 0 bridgehead atoms. The first-order valence-corrected chi connectivity index (χ1v) is 11.5. The summed E-state index contributed by atoms with van der Waals surface area (Å²) in [5.74, 6) is 1.01. The number of fused-ring (bicyclic) bond motifs is 1. The topological polar surface area (TPSA) is 49.9 Å². The summed E-state index contributed by atoms with van der Waals surface area (Å²) in [4.78, 5) is 29.7. The fourth-order valence-corrected chi connectivity index (χ4v) is 4.65. The van der Waals surface area contributed by atoms with Crippen molar-refractivity contribution >= 4 is 17.4 Å².